The molecule has 5 heteroatoms. The van der Waals surface area contributed by atoms with E-state index in [-0.39, 0.29) is 12.2 Å². The van der Waals surface area contributed by atoms with Crippen LogP contribution in [0.2, 0.25) is 0 Å². The van der Waals surface area contributed by atoms with E-state index in [0.717, 1.165) is 16.3 Å². The van der Waals surface area contributed by atoms with Crippen LogP contribution in [0.15, 0.2) is 23.6 Å². The molecule has 1 aromatic heterocycles. The minimum absolute atomic E-state index is 0.185. The van der Waals surface area contributed by atoms with Crippen molar-refractivity contribution in [2.24, 2.45) is 0 Å². The zero-order valence-corrected chi connectivity index (χ0v) is 12.5. The summed E-state index contributed by atoms with van der Waals surface area (Å²) in [5.41, 5.74) is 1.83. The van der Waals surface area contributed by atoms with Gasteiger partial charge < -0.3 is 9.84 Å². The van der Waals surface area contributed by atoms with E-state index in [0.29, 0.717) is 11.7 Å². The third-order valence-corrected chi connectivity index (χ3v) is 4.06. The van der Waals surface area contributed by atoms with E-state index >= 15 is 0 Å². The van der Waals surface area contributed by atoms with Crippen molar-refractivity contribution in [3.63, 3.8) is 0 Å². The molecule has 0 saturated heterocycles. The molecule has 0 amide bonds. The van der Waals surface area contributed by atoms with E-state index in [1.54, 1.807) is 23.5 Å². The maximum absolute atomic E-state index is 11.2. The number of thiazole rings is 1. The predicted molar refractivity (Wildman–Crippen MR) is 78.7 cm³/mol. The van der Waals surface area contributed by atoms with E-state index in [1.165, 1.54) is 0 Å². The average molecular weight is 291 g/mol. The summed E-state index contributed by atoms with van der Waals surface area (Å²) in [6.07, 6.45) is 0. The Morgan fingerprint density at radius 1 is 1.45 bits per heavy atom. The Morgan fingerprint density at radius 2 is 2.20 bits per heavy atom. The summed E-state index contributed by atoms with van der Waals surface area (Å²) < 4.78 is 5.67. The van der Waals surface area contributed by atoms with Gasteiger partial charge in [0, 0.05) is 11.3 Å². The highest BCUT2D eigenvalue weighted by molar-refractivity contribution is 7.09. The first kappa shape index (κ1) is 14.5. The molecule has 20 heavy (non-hydrogen) atoms. The Bertz CT molecular complexity index is 619. The fraction of sp³-hybridized carbons (Fsp3) is 0.333. The summed E-state index contributed by atoms with van der Waals surface area (Å²) in [5.74, 6) is -0.175. The molecule has 0 aliphatic rings. The van der Waals surface area contributed by atoms with Crippen LogP contribution in [0.5, 0.6) is 5.75 Å². The Balaban J connectivity index is 2.16. The summed E-state index contributed by atoms with van der Waals surface area (Å²) in [4.78, 5) is 15.7. The maximum Gasteiger partial charge on any atom is 0.339 e. The van der Waals surface area contributed by atoms with Crippen molar-refractivity contribution in [3.8, 4) is 5.75 Å². The summed E-state index contributed by atoms with van der Waals surface area (Å²) in [7, 11) is 0. The van der Waals surface area contributed by atoms with Gasteiger partial charge in [-0.05, 0) is 18.6 Å². The van der Waals surface area contributed by atoms with Gasteiger partial charge in [0.15, 0.2) is 0 Å². The molecule has 1 aromatic carbocycles. The van der Waals surface area contributed by atoms with Crippen LogP contribution >= 0.6 is 11.3 Å². The number of para-hydroxylation sites is 1. The number of rotatable bonds is 5. The normalized spacial score (nSPS) is 10.8. The summed E-state index contributed by atoms with van der Waals surface area (Å²) in [6, 6.07) is 5.10. The van der Waals surface area contributed by atoms with Gasteiger partial charge in [0.25, 0.3) is 0 Å². The molecule has 0 unspecified atom stereocenters. The number of carboxylic acids is 1. The third-order valence-electron chi connectivity index (χ3n) is 2.87. The fourth-order valence-electron chi connectivity index (χ4n) is 1.81. The number of benzene rings is 1. The molecule has 0 atom stereocenters. The van der Waals surface area contributed by atoms with Gasteiger partial charge in [-0.2, -0.15) is 0 Å². The second-order valence-corrected chi connectivity index (χ2v) is 5.77. The SMILES string of the molecule is Cc1cccc(C(=O)O)c1OCc1csc(C(C)C)n1. The number of hydrogen-bond donors (Lipinski definition) is 1. The van der Waals surface area contributed by atoms with Crippen LogP contribution in [-0.4, -0.2) is 16.1 Å². The lowest BCUT2D eigenvalue weighted by atomic mass is 10.1. The topological polar surface area (TPSA) is 59.4 Å². The lowest BCUT2D eigenvalue weighted by Crippen LogP contribution is -2.05. The van der Waals surface area contributed by atoms with Crippen LogP contribution in [0, 0.1) is 6.92 Å². The summed E-state index contributed by atoms with van der Waals surface area (Å²) in [5, 5.41) is 12.2. The van der Waals surface area contributed by atoms with Gasteiger partial charge in [-0.25, -0.2) is 9.78 Å². The van der Waals surface area contributed by atoms with Crippen LogP contribution in [0.3, 0.4) is 0 Å². The van der Waals surface area contributed by atoms with Crippen LogP contribution in [0.1, 0.15) is 46.4 Å². The first-order valence-corrected chi connectivity index (χ1v) is 7.27. The lowest BCUT2D eigenvalue weighted by Gasteiger charge is -2.10. The molecular weight excluding hydrogens is 274 g/mol. The van der Waals surface area contributed by atoms with Crippen LogP contribution < -0.4 is 4.74 Å². The molecule has 0 bridgehead atoms. The number of ether oxygens (including phenoxy) is 1. The molecule has 0 aliphatic heterocycles. The van der Waals surface area contributed by atoms with Crippen molar-refractivity contribution in [1.82, 2.24) is 4.98 Å². The monoisotopic (exact) mass is 291 g/mol. The van der Waals surface area contributed by atoms with E-state index in [4.69, 9.17) is 4.74 Å². The summed E-state index contributed by atoms with van der Waals surface area (Å²) >= 11 is 1.60. The van der Waals surface area contributed by atoms with Crippen molar-refractivity contribution in [2.45, 2.75) is 33.3 Å². The highest BCUT2D eigenvalue weighted by Gasteiger charge is 2.14. The molecule has 0 spiro atoms. The molecule has 0 saturated carbocycles. The van der Waals surface area contributed by atoms with E-state index < -0.39 is 5.97 Å². The number of nitrogens with zero attached hydrogens (tertiary/aromatic N) is 1. The number of aryl methyl sites for hydroxylation is 1. The van der Waals surface area contributed by atoms with Crippen molar-refractivity contribution >= 4 is 17.3 Å². The highest BCUT2D eigenvalue weighted by atomic mass is 32.1. The van der Waals surface area contributed by atoms with Gasteiger partial charge in [0.05, 0.1) is 10.7 Å². The minimum atomic E-state index is -0.982. The molecule has 4 nitrogen and oxygen atoms in total. The smallest absolute Gasteiger partial charge is 0.339 e. The summed E-state index contributed by atoms with van der Waals surface area (Å²) in [6.45, 7) is 6.30. The first-order chi connectivity index (χ1) is 9.49. The first-order valence-electron chi connectivity index (χ1n) is 6.39. The van der Waals surface area contributed by atoms with Crippen molar-refractivity contribution in [3.05, 3.63) is 45.4 Å². The quantitative estimate of drug-likeness (QED) is 0.909. The Kier molecular flexibility index (Phi) is 4.39. The third kappa shape index (κ3) is 3.17. The zero-order chi connectivity index (χ0) is 14.7. The second-order valence-electron chi connectivity index (χ2n) is 4.88. The molecule has 2 aromatic rings. The molecular formula is C15H17NO3S. The van der Waals surface area contributed by atoms with Gasteiger partial charge in [-0.15, -0.1) is 11.3 Å². The average Bonchev–Trinajstić information content (AvgIpc) is 2.86. The Morgan fingerprint density at radius 3 is 2.80 bits per heavy atom. The Labute approximate surface area is 122 Å². The van der Waals surface area contributed by atoms with Gasteiger partial charge in [-0.3, -0.25) is 0 Å². The van der Waals surface area contributed by atoms with Gasteiger partial charge in [0.1, 0.15) is 17.9 Å². The molecule has 1 N–H and O–H groups in total. The molecule has 1 heterocycles. The highest BCUT2D eigenvalue weighted by Crippen LogP contribution is 2.25. The van der Waals surface area contributed by atoms with Gasteiger partial charge >= 0.3 is 5.97 Å². The van der Waals surface area contributed by atoms with Crippen LogP contribution in [0.25, 0.3) is 0 Å². The van der Waals surface area contributed by atoms with Crippen molar-refractivity contribution in [1.29, 1.82) is 0 Å². The van der Waals surface area contributed by atoms with Crippen molar-refractivity contribution in [2.75, 3.05) is 0 Å². The molecule has 0 aliphatic carbocycles. The number of hydrogen-bond acceptors (Lipinski definition) is 4. The number of aromatic carboxylic acids is 1. The fourth-order valence-corrected chi connectivity index (χ4v) is 2.63. The minimum Gasteiger partial charge on any atom is -0.486 e. The zero-order valence-electron chi connectivity index (χ0n) is 11.7. The molecule has 106 valence electrons. The molecule has 2 rings (SSSR count). The van der Waals surface area contributed by atoms with Crippen LogP contribution in [0.4, 0.5) is 0 Å². The predicted octanol–water partition coefficient (Wildman–Crippen LogP) is 3.85. The largest absolute Gasteiger partial charge is 0.486 e. The number of aromatic nitrogens is 1. The van der Waals surface area contributed by atoms with Gasteiger partial charge in [0.2, 0.25) is 0 Å². The van der Waals surface area contributed by atoms with E-state index in [9.17, 15) is 9.90 Å². The molecule has 0 radical (unpaired) electrons. The van der Waals surface area contributed by atoms with Gasteiger partial charge in [-0.1, -0.05) is 26.0 Å². The molecule has 0 fully saturated rings. The number of carboxylic acid groups (broad SMARTS) is 1. The second kappa shape index (κ2) is 6.05. The van der Waals surface area contributed by atoms with E-state index in [1.807, 2.05) is 18.4 Å². The maximum atomic E-state index is 11.2. The van der Waals surface area contributed by atoms with Crippen LogP contribution in [-0.2, 0) is 6.61 Å². The Hall–Kier alpha value is -1.88. The standard InChI is InChI=1S/C15H17NO3S/c1-9(2)14-16-11(8-20-14)7-19-13-10(3)5-4-6-12(13)15(17)18/h4-6,8-9H,7H2,1-3H3,(H,17,18). The number of carbonyl (C=O) groups is 1. The lowest BCUT2D eigenvalue weighted by molar-refractivity contribution is 0.0691. The van der Waals surface area contributed by atoms with E-state index in [2.05, 4.69) is 18.8 Å². The van der Waals surface area contributed by atoms with Crippen molar-refractivity contribution < 1.29 is 14.6 Å².